The topological polar surface area (TPSA) is 115 Å². The molecule has 1 heterocycles. The number of aromatic amines is 1. The van der Waals surface area contributed by atoms with E-state index in [1.807, 2.05) is 48.7 Å². The van der Waals surface area contributed by atoms with Crippen LogP contribution in [-0.4, -0.2) is 40.9 Å². The minimum Gasteiger partial charge on any atom is -0.446 e. The second kappa shape index (κ2) is 10.4. The van der Waals surface area contributed by atoms with Crippen molar-refractivity contribution in [2.75, 3.05) is 6.54 Å². The van der Waals surface area contributed by atoms with Gasteiger partial charge in [0, 0.05) is 29.1 Å². The fourth-order valence-electron chi connectivity index (χ4n) is 7.46. The summed E-state index contributed by atoms with van der Waals surface area (Å²) in [5.74, 6) is 1.97. The van der Waals surface area contributed by atoms with E-state index < -0.39 is 17.5 Å². The van der Waals surface area contributed by atoms with Gasteiger partial charge >= 0.3 is 6.09 Å². The molecule has 0 unspecified atom stereocenters. The zero-order chi connectivity index (χ0) is 27.0. The van der Waals surface area contributed by atoms with Crippen LogP contribution < -0.4 is 10.6 Å². The Bertz CT molecular complexity index is 1360. The number of carbonyl (C=O) groups excluding carboxylic acids is 2. The van der Waals surface area contributed by atoms with Crippen LogP contribution in [0.4, 0.5) is 4.79 Å². The normalized spacial score (nSPS) is 27.2. The Kier molecular flexibility index (Phi) is 6.79. The number of ether oxygens (including phenoxy) is 1. The van der Waals surface area contributed by atoms with Crippen LogP contribution in [0.25, 0.3) is 10.9 Å². The van der Waals surface area contributed by atoms with Gasteiger partial charge in [-0.3, -0.25) is 4.79 Å². The predicted molar refractivity (Wildman–Crippen MR) is 148 cm³/mol. The Morgan fingerprint density at radius 2 is 1.64 bits per heavy atom. The summed E-state index contributed by atoms with van der Waals surface area (Å²) in [7, 11) is 0. The van der Waals surface area contributed by atoms with Crippen molar-refractivity contribution in [1.82, 2.24) is 15.6 Å². The van der Waals surface area contributed by atoms with Crippen LogP contribution in [0.2, 0.25) is 0 Å². The largest absolute Gasteiger partial charge is 0.446 e. The Balaban J connectivity index is 1.20. The summed E-state index contributed by atoms with van der Waals surface area (Å²) in [5, 5.41) is 21.5. The van der Waals surface area contributed by atoms with Crippen molar-refractivity contribution in [2.45, 2.75) is 57.1 Å². The molecule has 2 amide bonds. The maximum Gasteiger partial charge on any atom is 0.408 e. The zero-order valence-corrected chi connectivity index (χ0v) is 22.2. The lowest BCUT2D eigenvalue weighted by molar-refractivity contribution is -0.127. The van der Waals surface area contributed by atoms with Gasteiger partial charge in [0.2, 0.25) is 5.91 Å². The fourth-order valence-corrected chi connectivity index (χ4v) is 7.46. The van der Waals surface area contributed by atoms with Crippen LogP contribution in [-0.2, 0) is 21.2 Å². The van der Waals surface area contributed by atoms with E-state index in [1.54, 1.807) is 19.1 Å². The summed E-state index contributed by atoms with van der Waals surface area (Å²) in [4.78, 5) is 30.3. The number of carbonyl (C=O) groups is 2. The van der Waals surface area contributed by atoms with E-state index in [2.05, 4.69) is 20.8 Å². The van der Waals surface area contributed by atoms with Gasteiger partial charge < -0.3 is 20.4 Å². The summed E-state index contributed by atoms with van der Waals surface area (Å²) < 4.78 is 6.08. The average molecular weight is 528 g/mol. The highest BCUT2D eigenvalue weighted by molar-refractivity contribution is 6.04. The summed E-state index contributed by atoms with van der Waals surface area (Å²) in [6.07, 6.45) is 7.32. The molecule has 3 N–H and O–H groups in total. The van der Waals surface area contributed by atoms with Gasteiger partial charge in [0.25, 0.3) is 0 Å². The van der Waals surface area contributed by atoms with Crippen LogP contribution in [0.1, 0.15) is 50.2 Å². The number of alkyl carbamates (subject to hydrolysis) is 1. The quantitative estimate of drug-likeness (QED) is 0.284. The molecule has 7 rings (SSSR count). The number of hydrogen-bond acceptors (Lipinski definition) is 4. The lowest BCUT2D eigenvalue weighted by Crippen LogP contribution is -2.60. The lowest BCUT2D eigenvalue weighted by atomic mass is 9.55. The molecule has 4 saturated carbocycles. The van der Waals surface area contributed by atoms with E-state index in [0.717, 1.165) is 54.0 Å². The number of aromatic nitrogens is 1. The molecule has 1 atom stereocenters. The second-order valence-electron chi connectivity index (χ2n) is 11.9. The maximum atomic E-state index is 13.7. The van der Waals surface area contributed by atoms with Crippen LogP contribution in [0.15, 0.2) is 65.9 Å². The van der Waals surface area contributed by atoms with Crippen molar-refractivity contribution in [3.05, 3.63) is 71.9 Å². The minimum atomic E-state index is -1.32. The molecule has 0 spiro atoms. The third-order valence-electron chi connectivity index (χ3n) is 9.11. The Hall–Kier alpha value is -3.81. The molecule has 4 aliphatic carbocycles. The maximum absolute atomic E-state index is 13.7. The smallest absolute Gasteiger partial charge is 0.408 e. The third-order valence-corrected chi connectivity index (χ3v) is 9.11. The average Bonchev–Trinajstić information content (AvgIpc) is 3.33. The van der Waals surface area contributed by atoms with Crippen molar-refractivity contribution >= 4 is 28.6 Å². The fraction of sp³-hybridized carbons (Fsp3) is 0.452. The second-order valence-corrected chi connectivity index (χ2v) is 11.9. The predicted octanol–water partition coefficient (Wildman–Crippen LogP) is 4.97. The summed E-state index contributed by atoms with van der Waals surface area (Å²) in [5.41, 5.74) is 1.39. The van der Waals surface area contributed by atoms with Gasteiger partial charge in [-0.15, -0.1) is 5.21 Å². The number of para-hydroxylation sites is 1. The molecule has 0 aliphatic heterocycles. The molecule has 4 fully saturated rings. The number of H-pyrrole nitrogens is 1. The molecule has 1 aromatic heterocycles. The van der Waals surface area contributed by atoms with Gasteiger partial charge in [-0.1, -0.05) is 48.5 Å². The molecule has 0 saturated heterocycles. The van der Waals surface area contributed by atoms with E-state index in [4.69, 9.17) is 4.74 Å². The SMILES string of the molecule is C[C@](Cc1c[nH]c2ccccc12)(NC(=O)OC1C2CC3CC(C2)CC1C3)C(=O)NCC(=N[O])c1ccccc1. The molecule has 2 aromatic carbocycles. The standard InChI is InChI=1S/C31H35N4O4/c1-31(16-24-17-32-26-10-6-5-9-25(24)26,29(36)33-18-27(35-38)21-7-3-2-4-8-21)34-30(37)39-28-22-12-19-11-20(14-22)15-23(28)13-19/h2-10,17,19-20,22-23,28,32H,11-16,18H2,1H3,(H,33,36)(H,34,37)/t19?,20?,22?,23?,28?,31-/m1/s1. The van der Waals surface area contributed by atoms with Gasteiger partial charge in [-0.25, -0.2) is 4.79 Å². The van der Waals surface area contributed by atoms with E-state index in [-0.39, 0.29) is 24.8 Å². The number of nitrogens with zero attached hydrogens (tertiary/aromatic N) is 1. The van der Waals surface area contributed by atoms with Crippen molar-refractivity contribution in [1.29, 1.82) is 0 Å². The first-order valence-corrected chi connectivity index (χ1v) is 14.0. The Labute approximate surface area is 228 Å². The molecule has 1 radical (unpaired) electrons. The van der Waals surface area contributed by atoms with Crippen molar-refractivity contribution in [3.8, 4) is 0 Å². The van der Waals surface area contributed by atoms with E-state index in [1.165, 1.54) is 6.42 Å². The summed E-state index contributed by atoms with van der Waals surface area (Å²) in [6.45, 7) is 1.65. The minimum absolute atomic E-state index is 0.0535. The summed E-state index contributed by atoms with van der Waals surface area (Å²) in [6, 6.07) is 16.9. The number of hydrogen-bond donors (Lipinski definition) is 3. The van der Waals surface area contributed by atoms with Gasteiger partial charge in [0.1, 0.15) is 17.4 Å². The van der Waals surface area contributed by atoms with Gasteiger partial charge in [-0.2, -0.15) is 0 Å². The van der Waals surface area contributed by atoms with E-state index >= 15 is 0 Å². The first-order chi connectivity index (χ1) is 18.9. The lowest BCUT2D eigenvalue weighted by Gasteiger charge is -2.53. The Morgan fingerprint density at radius 3 is 2.33 bits per heavy atom. The highest BCUT2D eigenvalue weighted by Gasteiger charge is 2.50. The van der Waals surface area contributed by atoms with Gasteiger partial charge in [0.15, 0.2) is 0 Å². The van der Waals surface area contributed by atoms with Crippen LogP contribution in [0, 0.1) is 23.7 Å². The monoisotopic (exact) mass is 527 g/mol. The first-order valence-electron chi connectivity index (χ1n) is 14.0. The zero-order valence-electron chi connectivity index (χ0n) is 22.2. The number of amides is 2. The van der Waals surface area contributed by atoms with Crippen molar-refractivity contribution in [3.63, 3.8) is 0 Å². The molecule has 4 aliphatic rings. The number of benzene rings is 2. The third kappa shape index (κ3) is 5.12. The molecule has 8 heteroatoms. The molecule has 39 heavy (non-hydrogen) atoms. The van der Waals surface area contributed by atoms with Crippen LogP contribution >= 0.6 is 0 Å². The van der Waals surface area contributed by atoms with E-state index in [9.17, 15) is 14.8 Å². The van der Waals surface area contributed by atoms with Crippen molar-refractivity contribution < 1.29 is 19.5 Å². The summed E-state index contributed by atoms with van der Waals surface area (Å²) >= 11 is 0. The van der Waals surface area contributed by atoms with Gasteiger partial charge in [-0.05, 0) is 79.5 Å². The molecular weight excluding hydrogens is 492 g/mol. The first kappa shape index (κ1) is 25.5. The number of fused-ring (bicyclic) bond motifs is 1. The van der Waals surface area contributed by atoms with Gasteiger partial charge in [0.05, 0.1) is 6.54 Å². The van der Waals surface area contributed by atoms with Crippen molar-refractivity contribution in [2.24, 2.45) is 28.8 Å². The number of nitrogens with one attached hydrogen (secondary N) is 3. The van der Waals surface area contributed by atoms with Crippen LogP contribution in [0.5, 0.6) is 0 Å². The molecule has 8 nitrogen and oxygen atoms in total. The molecule has 3 aromatic rings. The molecular formula is C31H35N4O4. The Morgan fingerprint density at radius 1 is 0.974 bits per heavy atom. The highest BCUT2D eigenvalue weighted by Crippen LogP contribution is 2.54. The van der Waals surface area contributed by atoms with Crippen LogP contribution in [0.3, 0.4) is 0 Å². The highest BCUT2D eigenvalue weighted by atomic mass is 16.6. The molecule has 203 valence electrons. The molecule has 4 bridgehead atoms. The number of rotatable bonds is 8. The van der Waals surface area contributed by atoms with E-state index in [0.29, 0.717) is 17.4 Å².